The van der Waals surface area contributed by atoms with E-state index in [0.29, 0.717) is 12.0 Å². The van der Waals surface area contributed by atoms with Gasteiger partial charge in [0.15, 0.2) is 0 Å². The molecule has 0 bridgehead atoms. The number of carbonyl (C=O) groups is 2. The van der Waals surface area contributed by atoms with Crippen LogP contribution in [0.25, 0.3) is 0 Å². The SMILES string of the molecule is COc1ccc(CCC(=O)Nc2cc(C(=O)N(C(C)C)C(C)C)cn(C)c2=O)cc1. The van der Waals surface area contributed by atoms with Crippen LogP contribution in [-0.2, 0) is 18.3 Å². The van der Waals surface area contributed by atoms with E-state index in [0.717, 1.165) is 11.3 Å². The van der Waals surface area contributed by atoms with Crippen LogP contribution in [0.1, 0.15) is 50.0 Å². The van der Waals surface area contributed by atoms with Gasteiger partial charge in [0.2, 0.25) is 5.91 Å². The Kier molecular flexibility index (Phi) is 7.80. The van der Waals surface area contributed by atoms with E-state index in [4.69, 9.17) is 4.74 Å². The number of hydrogen-bond donors (Lipinski definition) is 1. The number of carbonyl (C=O) groups excluding carboxylic acids is 2. The van der Waals surface area contributed by atoms with Gasteiger partial charge in [0.25, 0.3) is 11.5 Å². The summed E-state index contributed by atoms with van der Waals surface area (Å²) in [5.41, 5.74) is 1.11. The second-order valence-corrected chi connectivity index (χ2v) is 7.85. The molecule has 1 aromatic carbocycles. The molecule has 162 valence electrons. The average Bonchev–Trinajstić information content (AvgIpc) is 2.69. The second kappa shape index (κ2) is 10.1. The number of aromatic nitrogens is 1. The number of methoxy groups -OCH3 is 1. The monoisotopic (exact) mass is 413 g/mol. The zero-order chi connectivity index (χ0) is 22.4. The van der Waals surface area contributed by atoms with Crippen molar-refractivity contribution in [1.29, 1.82) is 0 Å². The van der Waals surface area contributed by atoms with E-state index in [1.54, 1.807) is 19.1 Å². The molecule has 0 aliphatic rings. The van der Waals surface area contributed by atoms with Crippen LogP contribution in [0.15, 0.2) is 41.3 Å². The fourth-order valence-electron chi connectivity index (χ4n) is 3.40. The molecular formula is C23H31N3O4. The Morgan fingerprint density at radius 2 is 1.70 bits per heavy atom. The molecule has 0 radical (unpaired) electrons. The van der Waals surface area contributed by atoms with Crippen LogP contribution in [0.2, 0.25) is 0 Å². The van der Waals surface area contributed by atoms with Crippen LogP contribution in [0.3, 0.4) is 0 Å². The van der Waals surface area contributed by atoms with Crippen molar-refractivity contribution < 1.29 is 14.3 Å². The molecule has 30 heavy (non-hydrogen) atoms. The lowest BCUT2D eigenvalue weighted by Crippen LogP contribution is -2.42. The van der Waals surface area contributed by atoms with E-state index in [1.165, 1.54) is 16.8 Å². The minimum absolute atomic E-state index is 0.0114. The first-order chi connectivity index (χ1) is 14.1. The Hall–Kier alpha value is -3.09. The van der Waals surface area contributed by atoms with Crippen molar-refractivity contribution in [1.82, 2.24) is 9.47 Å². The Bertz CT molecular complexity index is 938. The summed E-state index contributed by atoms with van der Waals surface area (Å²) in [6.07, 6.45) is 2.26. The Morgan fingerprint density at radius 1 is 1.10 bits per heavy atom. The van der Waals surface area contributed by atoms with E-state index in [9.17, 15) is 14.4 Å². The number of pyridine rings is 1. The predicted molar refractivity (Wildman–Crippen MR) is 118 cm³/mol. The first-order valence-corrected chi connectivity index (χ1v) is 10.1. The number of anilines is 1. The zero-order valence-corrected chi connectivity index (χ0v) is 18.6. The number of nitrogens with zero attached hydrogens (tertiary/aromatic N) is 2. The second-order valence-electron chi connectivity index (χ2n) is 7.85. The predicted octanol–water partition coefficient (Wildman–Crippen LogP) is 3.22. The van der Waals surface area contributed by atoms with Gasteiger partial charge in [-0.05, 0) is 57.9 Å². The number of rotatable bonds is 8. The summed E-state index contributed by atoms with van der Waals surface area (Å²) in [4.78, 5) is 39.6. The van der Waals surface area contributed by atoms with Gasteiger partial charge in [-0.1, -0.05) is 12.1 Å². The molecule has 2 aromatic rings. The summed E-state index contributed by atoms with van der Waals surface area (Å²) in [5, 5.41) is 2.67. The number of nitrogens with one attached hydrogen (secondary N) is 1. The van der Waals surface area contributed by atoms with Crippen molar-refractivity contribution in [2.24, 2.45) is 7.05 Å². The third-order valence-electron chi connectivity index (χ3n) is 4.85. The Balaban J connectivity index is 2.15. The molecule has 0 unspecified atom stereocenters. The maximum atomic E-state index is 13.0. The molecule has 1 N–H and O–H groups in total. The van der Waals surface area contributed by atoms with Crippen molar-refractivity contribution in [3.8, 4) is 5.75 Å². The molecule has 0 spiro atoms. The highest BCUT2D eigenvalue weighted by molar-refractivity contribution is 5.97. The standard InChI is InChI=1S/C23H31N3O4/c1-15(2)26(16(3)4)22(28)18-13-20(23(29)25(5)14-18)24-21(27)12-9-17-7-10-19(30-6)11-8-17/h7-8,10-11,13-16H,9,12H2,1-6H3,(H,24,27). The molecule has 7 nitrogen and oxygen atoms in total. The van der Waals surface area contributed by atoms with E-state index in [2.05, 4.69) is 5.32 Å². The minimum Gasteiger partial charge on any atom is -0.497 e. The van der Waals surface area contributed by atoms with Gasteiger partial charge in [-0.3, -0.25) is 14.4 Å². The highest BCUT2D eigenvalue weighted by atomic mass is 16.5. The fourth-order valence-corrected chi connectivity index (χ4v) is 3.40. The van der Waals surface area contributed by atoms with Gasteiger partial charge in [-0.15, -0.1) is 0 Å². The van der Waals surface area contributed by atoms with Crippen molar-refractivity contribution in [2.45, 2.75) is 52.6 Å². The summed E-state index contributed by atoms with van der Waals surface area (Å²) in [6.45, 7) is 7.78. The summed E-state index contributed by atoms with van der Waals surface area (Å²) in [6, 6.07) is 8.97. The van der Waals surface area contributed by atoms with Gasteiger partial charge >= 0.3 is 0 Å². The van der Waals surface area contributed by atoms with Crippen LogP contribution < -0.4 is 15.6 Å². The molecule has 0 saturated carbocycles. The third-order valence-corrected chi connectivity index (χ3v) is 4.85. The summed E-state index contributed by atoms with van der Waals surface area (Å²) >= 11 is 0. The van der Waals surface area contributed by atoms with Gasteiger partial charge in [0, 0.05) is 31.7 Å². The molecule has 0 saturated heterocycles. The maximum Gasteiger partial charge on any atom is 0.274 e. The maximum absolute atomic E-state index is 13.0. The van der Waals surface area contributed by atoms with E-state index in [1.807, 2.05) is 52.0 Å². The van der Waals surface area contributed by atoms with Crippen LogP contribution in [0, 0.1) is 0 Å². The molecule has 0 aliphatic carbocycles. The largest absolute Gasteiger partial charge is 0.497 e. The van der Waals surface area contributed by atoms with Crippen LogP contribution >= 0.6 is 0 Å². The van der Waals surface area contributed by atoms with Gasteiger partial charge < -0.3 is 19.5 Å². The third kappa shape index (κ3) is 5.72. The Labute approximate surface area is 177 Å². The van der Waals surface area contributed by atoms with Crippen LogP contribution in [-0.4, -0.2) is 40.5 Å². The van der Waals surface area contributed by atoms with Crippen molar-refractivity contribution in [2.75, 3.05) is 12.4 Å². The topological polar surface area (TPSA) is 80.6 Å². The van der Waals surface area contributed by atoms with Crippen LogP contribution in [0.5, 0.6) is 5.75 Å². The lowest BCUT2D eigenvalue weighted by Gasteiger charge is -2.31. The lowest BCUT2D eigenvalue weighted by molar-refractivity contribution is -0.116. The van der Waals surface area contributed by atoms with Gasteiger partial charge in [0.1, 0.15) is 11.4 Å². The van der Waals surface area contributed by atoms with Gasteiger partial charge in [0.05, 0.1) is 12.7 Å². The molecule has 0 aliphatic heterocycles. The van der Waals surface area contributed by atoms with Gasteiger partial charge in [-0.25, -0.2) is 0 Å². The fraction of sp³-hybridized carbons (Fsp3) is 0.435. The molecule has 0 atom stereocenters. The van der Waals surface area contributed by atoms with Crippen LogP contribution in [0.4, 0.5) is 5.69 Å². The number of hydrogen-bond acceptors (Lipinski definition) is 4. The highest BCUT2D eigenvalue weighted by Gasteiger charge is 2.23. The van der Waals surface area contributed by atoms with Crippen molar-refractivity contribution >= 4 is 17.5 Å². The minimum atomic E-state index is -0.356. The van der Waals surface area contributed by atoms with Crippen molar-refractivity contribution in [3.63, 3.8) is 0 Å². The van der Waals surface area contributed by atoms with E-state index < -0.39 is 0 Å². The molecule has 0 fully saturated rings. The molecule has 2 amide bonds. The molecule has 1 heterocycles. The molecule has 2 rings (SSSR count). The summed E-state index contributed by atoms with van der Waals surface area (Å²) in [7, 11) is 3.17. The summed E-state index contributed by atoms with van der Waals surface area (Å²) in [5.74, 6) is 0.298. The first-order valence-electron chi connectivity index (χ1n) is 10.1. The molecule has 1 aromatic heterocycles. The van der Waals surface area contributed by atoms with E-state index >= 15 is 0 Å². The first kappa shape index (κ1) is 23.2. The zero-order valence-electron chi connectivity index (χ0n) is 18.6. The van der Waals surface area contributed by atoms with Crippen molar-refractivity contribution in [3.05, 3.63) is 58.0 Å². The summed E-state index contributed by atoms with van der Waals surface area (Å²) < 4.78 is 6.45. The molecule has 7 heteroatoms. The van der Waals surface area contributed by atoms with Gasteiger partial charge in [-0.2, -0.15) is 0 Å². The lowest BCUT2D eigenvalue weighted by atomic mass is 10.1. The number of aryl methyl sites for hydroxylation is 2. The number of amides is 2. The normalized spacial score (nSPS) is 10.9. The van der Waals surface area contributed by atoms with E-state index in [-0.39, 0.29) is 41.6 Å². The quantitative estimate of drug-likeness (QED) is 0.721. The Morgan fingerprint density at radius 3 is 2.23 bits per heavy atom. The average molecular weight is 414 g/mol. The number of ether oxygens (including phenoxy) is 1. The highest BCUT2D eigenvalue weighted by Crippen LogP contribution is 2.15. The molecular weight excluding hydrogens is 382 g/mol. The number of benzene rings is 1. The smallest absolute Gasteiger partial charge is 0.274 e.